The maximum atomic E-state index is 12.3. The summed E-state index contributed by atoms with van der Waals surface area (Å²) in [5.74, 6) is -0.314. The number of carbonyl (C=O) groups is 1. The van der Waals surface area contributed by atoms with E-state index in [4.69, 9.17) is 5.73 Å². The molecule has 5 nitrogen and oxygen atoms in total. The molecule has 1 aromatic rings. The summed E-state index contributed by atoms with van der Waals surface area (Å²) < 4.78 is 1.61. The fourth-order valence-electron chi connectivity index (χ4n) is 2.29. The van der Waals surface area contributed by atoms with E-state index in [-0.39, 0.29) is 22.8 Å². The van der Waals surface area contributed by atoms with Crippen molar-refractivity contribution in [3.8, 4) is 0 Å². The lowest BCUT2D eigenvalue weighted by Gasteiger charge is -2.24. The van der Waals surface area contributed by atoms with Gasteiger partial charge in [-0.05, 0) is 24.3 Å². The van der Waals surface area contributed by atoms with Crippen LogP contribution in [0, 0.1) is 11.3 Å². The third-order valence-corrected chi connectivity index (χ3v) is 3.23. The number of aryl methyl sites for hydroxylation is 1. The van der Waals surface area contributed by atoms with Gasteiger partial charge in [0.05, 0.1) is 11.6 Å². The van der Waals surface area contributed by atoms with Crippen molar-refractivity contribution in [1.29, 1.82) is 0 Å². The monoisotopic (exact) mass is 293 g/mol. The minimum absolute atomic E-state index is 0.0440. The van der Waals surface area contributed by atoms with Gasteiger partial charge in [-0.1, -0.05) is 27.7 Å². The normalized spacial score (nSPS) is 13.0. The quantitative estimate of drug-likeness (QED) is 0.844. The topological polar surface area (TPSA) is 77.1 Å². The van der Waals surface area contributed by atoms with Crippen molar-refractivity contribution in [1.82, 2.24) is 4.57 Å². The Bertz CT molecular complexity index is 529. The molecule has 1 atom stereocenters. The maximum Gasteiger partial charge on any atom is 0.250 e. The van der Waals surface area contributed by atoms with E-state index in [1.165, 1.54) is 6.07 Å². The van der Waals surface area contributed by atoms with Crippen LogP contribution >= 0.6 is 0 Å². The van der Waals surface area contributed by atoms with Crippen LogP contribution in [0.2, 0.25) is 0 Å². The van der Waals surface area contributed by atoms with Gasteiger partial charge in [-0.15, -0.1) is 0 Å². The third-order valence-electron chi connectivity index (χ3n) is 3.23. The number of nitrogens with two attached hydrogens (primary N) is 1. The summed E-state index contributed by atoms with van der Waals surface area (Å²) in [6, 6.07) is 3.11. The van der Waals surface area contributed by atoms with Gasteiger partial charge in [-0.25, -0.2) is 0 Å². The van der Waals surface area contributed by atoms with Gasteiger partial charge in [0, 0.05) is 25.4 Å². The van der Waals surface area contributed by atoms with Crippen molar-refractivity contribution >= 4 is 11.6 Å². The second-order valence-corrected chi connectivity index (χ2v) is 6.64. The molecule has 1 unspecified atom stereocenters. The van der Waals surface area contributed by atoms with Gasteiger partial charge in [0.2, 0.25) is 5.91 Å². The van der Waals surface area contributed by atoms with Crippen LogP contribution in [0.1, 0.15) is 40.5 Å². The summed E-state index contributed by atoms with van der Waals surface area (Å²) in [4.78, 5) is 24.0. The number of anilines is 1. The molecular formula is C16H27N3O2. The average Bonchev–Trinajstić information content (AvgIpc) is 2.39. The SMILES string of the molecule is CCCn1cc(NC(=O)C(CN)CC(C)(C)C)ccc1=O. The minimum atomic E-state index is -0.225. The fourth-order valence-corrected chi connectivity index (χ4v) is 2.29. The predicted octanol–water partition coefficient (Wildman–Crippen LogP) is 2.21. The number of hydrogen-bond donors (Lipinski definition) is 2. The zero-order valence-electron chi connectivity index (χ0n) is 13.5. The average molecular weight is 293 g/mol. The Balaban J connectivity index is 2.82. The van der Waals surface area contributed by atoms with Gasteiger partial charge in [-0.2, -0.15) is 0 Å². The zero-order chi connectivity index (χ0) is 16.0. The van der Waals surface area contributed by atoms with E-state index in [0.29, 0.717) is 18.8 Å². The standard InChI is InChI=1S/C16H27N3O2/c1-5-8-19-11-13(6-7-14(19)20)18-15(21)12(10-17)9-16(2,3)4/h6-7,11-12H,5,8-10,17H2,1-4H3,(H,18,21). The number of nitrogens with one attached hydrogen (secondary N) is 1. The van der Waals surface area contributed by atoms with Gasteiger partial charge in [0.25, 0.3) is 5.56 Å². The van der Waals surface area contributed by atoms with Gasteiger partial charge in [0.1, 0.15) is 0 Å². The molecule has 1 rings (SSSR count). The Morgan fingerprint density at radius 1 is 1.38 bits per heavy atom. The first-order chi connectivity index (χ1) is 9.76. The molecule has 0 aliphatic heterocycles. The first-order valence-electron chi connectivity index (χ1n) is 7.48. The molecule has 0 radical (unpaired) electrons. The second kappa shape index (κ2) is 7.41. The molecule has 0 aliphatic carbocycles. The highest BCUT2D eigenvalue weighted by molar-refractivity contribution is 5.92. The molecule has 0 aromatic carbocycles. The highest BCUT2D eigenvalue weighted by atomic mass is 16.2. The molecule has 118 valence electrons. The number of amides is 1. The van der Waals surface area contributed by atoms with Gasteiger partial charge in [-0.3, -0.25) is 9.59 Å². The molecule has 21 heavy (non-hydrogen) atoms. The smallest absolute Gasteiger partial charge is 0.250 e. The highest BCUT2D eigenvalue weighted by Crippen LogP contribution is 2.24. The van der Waals surface area contributed by atoms with Crippen LogP contribution in [-0.4, -0.2) is 17.0 Å². The van der Waals surface area contributed by atoms with Gasteiger partial charge >= 0.3 is 0 Å². The summed E-state index contributed by atoms with van der Waals surface area (Å²) in [6.45, 7) is 9.23. The van der Waals surface area contributed by atoms with Crippen molar-refractivity contribution in [3.05, 3.63) is 28.7 Å². The Labute approximate surface area is 126 Å². The molecule has 0 spiro atoms. The molecule has 3 N–H and O–H groups in total. The lowest BCUT2D eigenvalue weighted by atomic mass is 9.84. The van der Waals surface area contributed by atoms with Gasteiger partial charge < -0.3 is 15.6 Å². The van der Waals surface area contributed by atoms with Crippen molar-refractivity contribution in [2.75, 3.05) is 11.9 Å². The molecule has 0 aliphatic rings. The summed E-state index contributed by atoms with van der Waals surface area (Å²) >= 11 is 0. The molecule has 0 saturated carbocycles. The van der Waals surface area contributed by atoms with Crippen LogP contribution in [0.4, 0.5) is 5.69 Å². The number of hydrogen-bond acceptors (Lipinski definition) is 3. The van der Waals surface area contributed by atoms with E-state index < -0.39 is 0 Å². The molecule has 0 bridgehead atoms. The van der Waals surface area contributed by atoms with Crippen molar-refractivity contribution < 1.29 is 4.79 Å². The lowest BCUT2D eigenvalue weighted by Crippen LogP contribution is -2.33. The number of pyridine rings is 1. The summed E-state index contributed by atoms with van der Waals surface area (Å²) in [5.41, 5.74) is 6.35. The predicted molar refractivity (Wildman–Crippen MR) is 86.2 cm³/mol. The molecule has 0 fully saturated rings. The Morgan fingerprint density at radius 2 is 2.05 bits per heavy atom. The van der Waals surface area contributed by atoms with E-state index in [2.05, 4.69) is 26.1 Å². The Hall–Kier alpha value is -1.62. The fraction of sp³-hybridized carbons (Fsp3) is 0.625. The van der Waals surface area contributed by atoms with Crippen LogP contribution in [0.25, 0.3) is 0 Å². The molecule has 5 heteroatoms. The lowest BCUT2D eigenvalue weighted by molar-refractivity contribution is -0.120. The van der Waals surface area contributed by atoms with Crippen molar-refractivity contribution in [3.63, 3.8) is 0 Å². The zero-order valence-corrected chi connectivity index (χ0v) is 13.5. The van der Waals surface area contributed by atoms with E-state index in [1.807, 2.05) is 6.92 Å². The number of aromatic nitrogens is 1. The minimum Gasteiger partial charge on any atom is -0.330 e. The Morgan fingerprint density at radius 3 is 2.57 bits per heavy atom. The second-order valence-electron chi connectivity index (χ2n) is 6.64. The first-order valence-corrected chi connectivity index (χ1v) is 7.48. The van der Waals surface area contributed by atoms with Crippen LogP contribution < -0.4 is 16.6 Å². The van der Waals surface area contributed by atoms with Crippen LogP contribution in [0.5, 0.6) is 0 Å². The highest BCUT2D eigenvalue weighted by Gasteiger charge is 2.23. The number of nitrogens with zero attached hydrogens (tertiary/aromatic N) is 1. The van der Waals surface area contributed by atoms with Crippen LogP contribution in [0.3, 0.4) is 0 Å². The summed E-state index contributed by atoms with van der Waals surface area (Å²) in [6.07, 6.45) is 3.28. The molecule has 1 aromatic heterocycles. The molecule has 0 saturated heterocycles. The van der Waals surface area contributed by atoms with E-state index in [0.717, 1.165) is 12.8 Å². The number of rotatable bonds is 6. The summed E-state index contributed by atoms with van der Waals surface area (Å²) in [5, 5.41) is 2.86. The molecule has 1 amide bonds. The van der Waals surface area contributed by atoms with E-state index >= 15 is 0 Å². The van der Waals surface area contributed by atoms with Crippen LogP contribution in [0.15, 0.2) is 23.1 Å². The number of carbonyl (C=O) groups excluding carboxylic acids is 1. The van der Waals surface area contributed by atoms with E-state index in [1.54, 1.807) is 16.8 Å². The van der Waals surface area contributed by atoms with Crippen LogP contribution in [-0.2, 0) is 11.3 Å². The van der Waals surface area contributed by atoms with Gasteiger partial charge in [0.15, 0.2) is 0 Å². The maximum absolute atomic E-state index is 12.3. The molecule has 1 heterocycles. The largest absolute Gasteiger partial charge is 0.330 e. The summed E-state index contributed by atoms with van der Waals surface area (Å²) in [7, 11) is 0. The molecular weight excluding hydrogens is 266 g/mol. The first kappa shape index (κ1) is 17.4. The van der Waals surface area contributed by atoms with E-state index in [9.17, 15) is 9.59 Å². The Kier molecular flexibility index (Phi) is 6.15. The van der Waals surface area contributed by atoms with Crippen molar-refractivity contribution in [2.24, 2.45) is 17.1 Å². The third kappa shape index (κ3) is 5.71. The van der Waals surface area contributed by atoms with Crippen molar-refractivity contribution in [2.45, 2.75) is 47.1 Å².